The van der Waals surface area contributed by atoms with Crippen LogP contribution >= 0.6 is 11.3 Å². The summed E-state index contributed by atoms with van der Waals surface area (Å²) in [5, 5.41) is 0. The quantitative estimate of drug-likeness (QED) is 0.808. The average molecular weight is 225 g/mol. The number of hydrogen-bond donors (Lipinski definition) is 1. The van der Waals surface area contributed by atoms with Crippen molar-refractivity contribution in [2.75, 3.05) is 0 Å². The van der Waals surface area contributed by atoms with Gasteiger partial charge < -0.3 is 5.73 Å². The van der Waals surface area contributed by atoms with Crippen LogP contribution in [0.2, 0.25) is 0 Å². The lowest BCUT2D eigenvalue weighted by molar-refractivity contribution is -0.118. The zero-order valence-electron chi connectivity index (χ0n) is 9.45. The van der Waals surface area contributed by atoms with Crippen molar-refractivity contribution in [3.8, 4) is 0 Å². The van der Waals surface area contributed by atoms with Crippen LogP contribution in [0.25, 0.3) is 0 Å². The molecule has 1 aromatic heterocycles. The molecule has 2 nitrogen and oxygen atoms in total. The SMILES string of the molecule is CCc1ccc(CC(=O)CC(N)CC)s1. The number of rotatable bonds is 6. The first-order valence-corrected chi connectivity index (χ1v) is 6.32. The Morgan fingerprint density at radius 1 is 1.40 bits per heavy atom. The predicted molar refractivity (Wildman–Crippen MR) is 65.3 cm³/mol. The van der Waals surface area contributed by atoms with Gasteiger partial charge in [-0.1, -0.05) is 13.8 Å². The van der Waals surface area contributed by atoms with Crippen LogP contribution in [0.3, 0.4) is 0 Å². The van der Waals surface area contributed by atoms with Crippen LogP contribution in [-0.4, -0.2) is 11.8 Å². The van der Waals surface area contributed by atoms with Crippen molar-refractivity contribution in [2.24, 2.45) is 5.73 Å². The van der Waals surface area contributed by atoms with Crippen LogP contribution in [0.15, 0.2) is 12.1 Å². The van der Waals surface area contributed by atoms with Gasteiger partial charge in [0, 0.05) is 28.6 Å². The van der Waals surface area contributed by atoms with Gasteiger partial charge in [-0.25, -0.2) is 0 Å². The van der Waals surface area contributed by atoms with Gasteiger partial charge >= 0.3 is 0 Å². The summed E-state index contributed by atoms with van der Waals surface area (Å²) in [6.07, 6.45) is 2.98. The Hall–Kier alpha value is -0.670. The van der Waals surface area contributed by atoms with E-state index in [0.29, 0.717) is 12.8 Å². The van der Waals surface area contributed by atoms with E-state index in [0.717, 1.165) is 12.8 Å². The second-order valence-corrected chi connectivity index (χ2v) is 5.06. The van der Waals surface area contributed by atoms with E-state index in [1.165, 1.54) is 9.75 Å². The highest BCUT2D eigenvalue weighted by Gasteiger charge is 2.09. The monoisotopic (exact) mass is 225 g/mol. The fourth-order valence-corrected chi connectivity index (χ4v) is 2.40. The van der Waals surface area contributed by atoms with Crippen LogP contribution in [0.4, 0.5) is 0 Å². The van der Waals surface area contributed by atoms with E-state index in [1.54, 1.807) is 11.3 Å². The van der Waals surface area contributed by atoms with Crippen molar-refractivity contribution in [3.63, 3.8) is 0 Å². The molecule has 0 saturated carbocycles. The molecule has 0 saturated heterocycles. The van der Waals surface area contributed by atoms with Crippen molar-refractivity contribution in [2.45, 2.75) is 45.6 Å². The van der Waals surface area contributed by atoms with Gasteiger partial charge in [-0.3, -0.25) is 4.79 Å². The summed E-state index contributed by atoms with van der Waals surface area (Å²) in [5.74, 6) is 0.258. The van der Waals surface area contributed by atoms with Gasteiger partial charge in [0.2, 0.25) is 0 Å². The molecule has 0 aromatic carbocycles. The van der Waals surface area contributed by atoms with E-state index < -0.39 is 0 Å². The number of thiophene rings is 1. The Morgan fingerprint density at radius 3 is 2.60 bits per heavy atom. The maximum Gasteiger partial charge on any atom is 0.139 e. The third kappa shape index (κ3) is 4.14. The number of carbonyl (C=O) groups excluding carboxylic acids is 1. The first-order valence-electron chi connectivity index (χ1n) is 5.50. The lowest BCUT2D eigenvalue weighted by Gasteiger charge is -2.06. The summed E-state index contributed by atoms with van der Waals surface area (Å²) in [7, 11) is 0. The number of Topliss-reactive ketones (excluding diaryl/α,β-unsaturated/α-hetero) is 1. The van der Waals surface area contributed by atoms with Crippen LogP contribution in [0, 0.1) is 0 Å². The van der Waals surface area contributed by atoms with Crippen molar-refractivity contribution >= 4 is 17.1 Å². The Bertz CT molecular complexity index is 319. The van der Waals surface area contributed by atoms with Crippen molar-refractivity contribution in [3.05, 3.63) is 21.9 Å². The van der Waals surface area contributed by atoms with E-state index in [-0.39, 0.29) is 11.8 Å². The highest BCUT2D eigenvalue weighted by atomic mass is 32.1. The zero-order chi connectivity index (χ0) is 11.3. The lowest BCUT2D eigenvalue weighted by atomic mass is 10.1. The van der Waals surface area contributed by atoms with Gasteiger partial charge in [-0.05, 0) is 25.0 Å². The molecule has 0 aliphatic heterocycles. The van der Waals surface area contributed by atoms with Crippen LogP contribution in [0.5, 0.6) is 0 Å². The number of nitrogens with two attached hydrogens (primary N) is 1. The largest absolute Gasteiger partial charge is 0.327 e. The molecule has 0 bridgehead atoms. The second kappa shape index (κ2) is 6.03. The maximum absolute atomic E-state index is 11.6. The molecule has 1 unspecified atom stereocenters. The Balaban J connectivity index is 2.44. The molecule has 0 fully saturated rings. The minimum absolute atomic E-state index is 0.0307. The number of hydrogen-bond acceptors (Lipinski definition) is 3. The number of carbonyl (C=O) groups is 1. The summed E-state index contributed by atoms with van der Waals surface area (Å²) >= 11 is 1.73. The molecule has 1 aromatic rings. The molecule has 1 heterocycles. The minimum Gasteiger partial charge on any atom is -0.327 e. The van der Waals surface area contributed by atoms with Crippen molar-refractivity contribution < 1.29 is 4.79 Å². The molecule has 0 amide bonds. The molecule has 1 atom stereocenters. The highest BCUT2D eigenvalue weighted by Crippen LogP contribution is 2.18. The number of ketones is 1. The number of aryl methyl sites for hydroxylation is 1. The molecular weight excluding hydrogens is 206 g/mol. The molecule has 84 valence electrons. The van der Waals surface area contributed by atoms with E-state index in [2.05, 4.69) is 19.1 Å². The van der Waals surface area contributed by atoms with Gasteiger partial charge in [0.1, 0.15) is 5.78 Å². The van der Waals surface area contributed by atoms with Gasteiger partial charge in [0.25, 0.3) is 0 Å². The summed E-state index contributed by atoms with van der Waals surface area (Å²) in [6.45, 7) is 4.14. The third-order valence-corrected chi connectivity index (χ3v) is 3.68. The van der Waals surface area contributed by atoms with E-state index in [4.69, 9.17) is 5.73 Å². The Kier molecular flexibility index (Phi) is 4.99. The second-order valence-electron chi connectivity index (χ2n) is 3.81. The van der Waals surface area contributed by atoms with Crippen LogP contribution in [0.1, 0.15) is 36.4 Å². The van der Waals surface area contributed by atoms with E-state index >= 15 is 0 Å². The maximum atomic E-state index is 11.6. The molecule has 1 rings (SSSR count). The average Bonchev–Trinajstić information content (AvgIpc) is 2.65. The van der Waals surface area contributed by atoms with Gasteiger partial charge in [0.15, 0.2) is 0 Å². The molecule has 0 radical (unpaired) electrons. The van der Waals surface area contributed by atoms with Gasteiger partial charge in [0.05, 0.1) is 0 Å². The van der Waals surface area contributed by atoms with Crippen molar-refractivity contribution in [1.29, 1.82) is 0 Å². The normalized spacial score (nSPS) is 12.7. The fourth-order valence-electron chi connectivity index (χ4n) is 1.41. The standard InChI is InChI=1S/C12H19NOS/c1-3-9(13)7-10(14)8-12-6-5-11(4-2)15-12/h5-6,9H,3-4,7-8,13H2,1-2H3. The highest BCUT2D eigenvalue weighted by molar-refractivity contribution is 7.12. The van der Waals surface area contributed by atoms with Crippen LogP contribution in [-0.2, 0) is 17.6 Å². The van der Waals surface area contributed by atoms with Crippen molar-refractivity contribution in [1.82, 2.24) is 0 Å². The Morgan fingerprint density at radius 2 is 2.07 bits per heavy atom. The first-order chi connectivity index (χ1) is 7.15. The fraction of sp³-hybridized carbons (Fsp3) is 0.583. The van der Waals surface area contributed by atoms with Gasteiger partial charge in [-0.2, -0.15) is 0 Å². The molecule has 15 heavy (non-hydrogen) atoms. The van der Waals surface area contributed by atoms with E-state index in [9.17, 15) is 4.79 Å². The van der Waals surface area contributed by atoms with E-state index in [1.807, 2.05) is 6.92 Å². The molecule has 2 N–H and O–H groups in total. The summed E-state index contributed by atoms with van der Waals surface area (Å²) < 4.78 is 0. The smallest absolute Gasteiger partial charge is 0.139 e. The van der Waals surface area contributed by atoms with Gasteiger partial charge in [-0.15, -0.1) is 11.3 Å². The molecule has 0 aliphatic rings. The lowest BCUT2D eigenvalue weighted by Crippen LogP contribution is -2.23. The molecule has 3 heteroatoms. The summed E-state index contributed by atoms with van der Waals surface area (Å²) in [4.78, 5) is 14.1. The minimum atomic E-state index is 0.0307. The van der Waals surface area contributed by atoms with Crippen LogP contribution < -0.4 is 5.73 Å². The third-order valence-electron chi connectivity index (χ3n) is 2.45. The summed E-state index contributed by atoms with van der Waals surface area (Å²) in [5.41, 5.74) is 5.74. The predicted octanol–water partition coefficient (Wildman–Crippen LogP) is 2.55. The summed E-state index contributed by atoms with van der Waals surface area (Å²) in [6, 6.07) is 4.19. The molecule has 0 aliphatic carbocycles. The Labute approximate surface area is 95.5 Å². The molecular formula is C12H19NOS. The molecule has 0 spiro atoms. The topological polar surface area (TPSA) is 43.1 Å². The first kappa shape index (κ1) is 12.4. The zero-order valence-corrected chi connectivity index (χ0v) is 10.3.